The van der Waals surface area contributed by atoms with Crippen molar-refractivity contribution in [2.75, 3.05) is 21.3 Å². The van der Waals surface area contributed by atoms with Gasteiger partial charge < -0.3 is 33.9 Å². The minimum atomic E-state index is -0.851. The number of fused-ring (bicyclic) bond motifs is 1. The van der Waals surface area contributed by atoms with E-state index in [1.54, 1.807) is 0 Å². The third-order valence-corrected chi connectivity index (χ3v) is 3.89. The van der Waals surface area contributed by atoms with E-state index in [0.717, 1.165) is 12.1 Å². The summed E-state index contributed by atoms with van der Waals surface area (Å²) in [6.07, 6.45) is 0. The summed E-state index contributed by atoms with van der Waals surface area (Å²) < 4.78 is 21.3. The highest BCUT2D eigenvalue weighted by molar-refractivity contribution is 5.89. The molecule has 3 rings (SSSR count). The minimum absolute atomic E-state index is 0.0999. The van der Waals surface area contributed by atoms with E-state index in [0.29, 0.717) is 11.5 Å². The number of hydrogen-bond acceptors (Lipinski definition) is 8. The van der Waals surface area contributed by atoms with E-state index in [4.69, 9.17) is 18.6 Å². The molecule has 0 aliphatic carbocycles. The molecule has 0 saturated carbocycles. The van der Waals surface area contributed by atoms with E-state index in [-0.39, 0.29) is 33.8 Å². The Balaban J connectivity index is 2.39. The van der Waals surface area contributed by atoms with E-state index >= 15 is 0 Å². The van der Waals surface area contributed by atoms with E-state index in [1.807, 2.05) is 0 Å². The van der Waals surface area contributed by atoms with Crippen molar-refractivity contribution < 1.29 is 33.9 Å². The SMILES string of the molecule is COc1cc(OC)c(-c2oc3cc(O)cc(O)c3c(=O)c2O)cc1OC. The molecule has 0 fully saturated rings. The fourth-order valence-electron chi connectivity index (χ4n) is 2.66. The van der Waals surface area contributed by atoms with Crippen LogP contribution >= 0.6 is 0 Å². The van der Waals surface area contributed by atoms with Crippen molar-refractivity contribution >= 4 is 11.0 Å². The summed E-state index contributed by atoms with van der Waals surface area (Å²) in [5.41, 5.74) is -0.725. The third kappa shape index (κ3) is 2.61. The summed E-state index contributed by atoms with van der Waals surface area (Å²) in [6, 6.07) is 5.13. The number of hydrogen-bond donors (Lipinski definition) is 3. The lowest BCUT2D eigenvalue weighted by atomic mass is 10.1. The van der Waals surface area contributed by atoms with E-state index in [9.17, 15) is 20.1 Å². The number of phenols is 2. The molecular formula is C18H16O8. The number of rotatable bonds is 4. The average molecular weight is 360 g/mol. The standard InChI is InChI=1S/C18H16O8/c1-23-11-7-13(25-3)12(24-2)6-9(11)18-17(22)16(21)15-10(20)4-8(19)5-14(15)26-18/h4-7,19-20,22H,1-3H3. The Morgan fingerprint density at radius 3 is 2.08 bits per heavy atom. The van der Waals surface area contributed by atoms with Gasteiger partial charge in [0.1, 0.15) is 28.2 Å². The van der Waals surface area contributed by atoms with Gasteiger partial charge in [0.15, 0.2) is 17.3 Å². The van der Waals surface area contributed by atoms with Gasteiger partial charge in [-0.05, 0) is 6.07 Å². The Labute approximate surface area is 147 Å². The van der Waals surface area contributed by atoms with Crippen LogP contribution in [0.25, 0.3) is 22.3 Å². The van der Waals surface area contributed by atoms with Crippen molar-refractivity contribution in [3.63, 3.8) is 0 Å². The van der Waals surface area contributed by atoms with Crippen molar-refractivity contribution in [3.05, 3.63) is 34.5 Å². The molecule has 26 heavy (non-hydrogen) atoms. The number of ether oxygens (including phenoxy) is 3. The number of methoxy groups -OCH3 is 3. The van der Waals surface area contributed by atoms with Gasteiger partial charge in [-0.1, -0.05) is 0 Å². The molecular weight excluding hydrogens is 344 g/mol. The summed E-state index contributed by atoms with van der Waals surface area (Å²) in [4.78, 5) is 12.5. The molecule has 136 valence electrons. The molecule has 0 unspecified atom stereocenters. The molecule has 0 bridgehead atoms. The van der Waals surface area contributed by atoms with Crippen LogP contribution in [0.15, 0.2) is 33.5 Å². The number of benzene rings is 2. The molecule has 8 heteroatoms. The zero-order chi connectivity index (χ0) is 19.0. The fraction of sp³-hybridized carbons (Fsp3) is 0.167. The summed E-state index contributed by atoms with van der Waals surface area (Å²) in [7, 11) is 4.29. The lowest BCUT2D eigenvalue weighted by molar-refractivity contribution is 0.349. The van der Waals surface area contributed by atoms with E-state index in [1.165, 1.54) is 33.5 Å². The monoisotopic (exact) mass is 360 g/mol. The summed E-state index contributed by atoms with van der Waals surface area (Å²) in [5, 5.41) is 29.6. The summed E-state index contributed by atoms with van der Waals surface area (Å²) in [5.74, 6) is -0.765. The van der Waals surface area contributed by atoms with Gasteiger partial charge in [-0.3, -0.25) is 4.79 Å². The molecule has 0 spiro atoms. The van der Waals surface area contributed by atoms with Crippen LogP contribution in [0.2, 0.25) is 0 Å². The zero-order valence-electron chi connectivity index (χ0n) is 14.2. The highest BCUT2D eigenvalue weighted by Gasteiger charge is 2.23. The van der Waals surface area contributed by atoms with Gasteiger partial charge in [0.05, 0.1) is 26.9 Å². The van der Waals surface area contributed by atoms with Crippen LogP contribution in [0.3, 0.4) is 0 Å². The molecule has 0 radical (unpaired) electrons. The van der Waals surface area contributed by atoms with Crippen LogP contribution in [0.5, 0.6) is 34.5 Å². The fourth-order valence-corrected chi connectivity index (χ4v) is 2.66. The van der Waals surface area contributed by atoms with Crippen molar-refractivity contribution in [1.82, 2.24) is 0 Å². The molecule has 3 aromatic rings. The first-order valence-electron chi connectivity index (χ1n) is 7.43. The highest BCUT2D eigenvalue weighted by Crippen LogP contribution is 2.43. The Bertz CT molecular complexity index is 1050. The maximum absolute atomic E-state index is 12.5. The second kappa shape index (κ2) is 6.40. The normalized spacial score (nSPS) is 10.7. The molecule has 0 aliphatic heterocycles. The summed E-state index contributed by atoms with van der Waals surface area (Å²) >= 11 is 0. The van der Waals surface area contributed by atoms with Crippen LogP contribution < -0.4 is 19.6 Å². The number of aromatic hydroxyl groups is 3. The topological polar surface area (TPSA) is 119 Å². The molecule has 3 N–H and O–H groups in total. The van der Waals surface area contributed by atoms with Gasteiger partial charge in [0.25, 0.3) is 0 Å². The Morgan fingerprint density at radius 2 is 1.46 bits per heavy atom. The van der Waals surface area contributed by atoms with Crippen molar-refractivity contribution in [3.8, 4) is 45.8 Å². The minimum Gasteiger partial charge on any atom is -0.508 e. The quantitative estimate of drug-likeness (QED) is 0.650. The van der Waals surface area contributed by atoms with Crippen LogP contribution in [-0.4, -0.2) is 36.6 Å². The predicted octanol–water partition coefficient (Wildman–Crippen LogP) is 2.60. The number of phenolic OH excluding ortho intramolecular Hbond substituents is 2. The Kier molecular flexibility index (Phi) is 4.25. The van der Waals surface area contributed by atoms with Crippen LogP contribution in [0.4, 0.5) is 0 Å². The maximum atomic E-state index is 12.5. The molecule has 0 amide bonds. The predicted molar refractivity (Wildman–Crippen MR) is 92.6 cm³/mol. The second-order valence-electron chi connectivity index (χ2n) is 5.35. The highest BCUT2D eigenvalue weighted by atomic mass is 16.5. The molecule has 0 saturated heterocycles. The van der Waals surface area contributed by atoms with Gasteiger partial charge >= 0.3 is 0 Å². The van der Waals surface area contributed by atoms with E-state index in [2.05, 4.69) is 0 Å². The third-order valence-electron chi connectivity index (χ3n) is 3.89. The molecule has 0 atom stereocenters. The average Bonchev–Trinajstić information content (AvgIpc) is 2.62. The lowest BCUT2D eigenvalue weighted by Crippen LogP contribution is -2.04. The lowest BCUT2D eigenvalue weighted by Gasteiger charge is -2.14. The van der Waals surface area contributed by atoms with Gasteiger partial charge in [-0.15, -0.1) is 0 Å². The Hall–Kier alpha value is -3.55. The smallest absolute Gasteiger partial charge is 0.238 e. The van der Waals surface area contributed by atoms with E-state index < -0.39 is 16.9 Å². The van der Waals surface area contributed by atoms with Gasteiger partial charge in [0.2, 0.25) is 11.2 Å². The Morgan fingerprint density at radius 1 is 0.846 bits per heavy atom. The zero-order valence-corrected chi connectivity index (χ0v) is 14.2. The molecule has 2 aromatic carbocycles. The van der Waals surface area contributed by atoms with Crippen LogP contribution in [-0.2, 0) is 0 Å². The summed E-state index contributed by atoms with van der Waals surface area (Å²) in [6.45, 7) is 0. The molecule has 0 aliphatic rings. The van der Waals surface area contributed by atoms with Gasteiger partial charge in [0, 0.05) is 18.2 Å². The van der Waals surface area contributed by atoms with Gasteiger partial charge in [-0.25, -0.2) is 0 Å². The first-order chi connectivity index (χ1) is 12.4. The largest absolute Gasteiger partial charge is 0.508 e. The molecule has 1 aromatic heterocycles. The van der Waals surface area contributed by atoms with Crippen molar-refractivity contribution in [1.29, 1.82) is 0 Å². The van der Waals surface area contributed by atoms with Crippen molar-refractivity contribution in [2.24, 2.45) is 0 Å². The first kappa shape index (κ1) is 17.3. The van der Waals surface area contributed by atoms with Crippen molar-refractivity contribution in [2.45, 2.75) is 0 Å². The van der Waals surface area contributed by atoms with Gasteiger partial charge in [-0.2, -0.15) is 0 Å². The molecule has 1 heterocycles. The maximum Gasteiger partial charge on any atom is 0.238 e. The van der Waals surface area contributed by atoms with Crippen LogP contribution in [0.1, 0.15) is 0 Å². The second-order valence-corrected chi connectivity index (χ2v) is 5.35. The first-order valence-corrected chi connectivity index (χ1v) is 7.43. The molecule has 8 nitrogen and oxygen atoms in total. The van der Waals surface area contributed by atoms with Crippen LogP contribution in [0, 0.1) is 0 Å².